The maximum absolute atomic E-state index is 12.6. The van der Waals surface area contributed by atoms with Crippen LogP contribution in [0.1, 0.15) is 0 Å². The van der Waals surface area contributed by atoms with Gasteiger partial charge in [0.05, 0.1) is 42.7 Å². The van der Waals surface area contributed by atoms with Gasteiger partial charge >= 0.3 is 6.09 Å². The summed E-state index contributed by atoms with van der Waals surface area (Å²) < 4.78 is 22.2. The first kappa shape index (κ1) is 24.2. The number of carbonyl (C=O) groups excluding carboxylic acids is 2. The topological polar surface area (TPSA) is 127 Å². The maximum atomic E-state index is 12.6. The number of methoxy groups -OCH3 is 2. The van der Waals surface area contributed by atoms with Gasteiger partial charge in [-0.25, -0.2) is 9.78 Å². The van der Waals surface area contributed by atoms with E-state index in [0.717, 1.165) is 16.7 Å². The van der Waals surface area contributed by atoms with Crippen molar-refractivity contribution in [1.29, 1.82) is 0 Å². The Morgan fingerprint density at radius 2 is 2.03 bits per heavy atom. The van der Waals surface area contributed by atoms with E-state index in [-0.39, 0.29) is 30.8 Å². The Hall–Kier alpha value is -4.16. The summed E-state index contributed by atoms with van der Waals surface area (Å²) in [4.78, 5) is 37.1. The average molecular weight is 521 g/mol. The van der Waals surface area contributed by atoms with E-state index >= 15 is 0 Å². The molecule has 2 amide bonds. The molecule has 2 aromatic heterocycles. The number of hydrogen-bond acceptors (Lipinski definition) is 10. The third-order valence-corrected chi connectivity index (χ3v) is 7.05. The van der Waals surface area contributed by atoms with E-state index in [2.05, 4.69) is 25.5 Å². The minimum Gasteiger partial charge on any atom is -0.482 e. The molecule has 5 heterocycles. The number of benzene rings is 1. The fourth-order valence-corrected chi connectivity index (χ4v) is 5.13. The monoisotopic (exact) mass is 520 g/mol. The van der Waals surface area contributed by atoms with E-state index in [1.165, 1.54) is 0 Å². The number of pyridine rings is 2. The summed E-state index contributed by atoms with van der Waals surface area (Å²) in [6, 6.07) is 10.9. The first-order valence-electron chi connectivity index (χ1n) is 12.4. The highest BCUT2D eigenvalue weighted by Gasteiger charge is 2.37. The molecule has 1 unspecified atom stereocenters. The first-order valence-corrected chi connectivity index (χ1v) is 12.4. The molecule has 3 aliphatic heterocycles. The van der Waals surface area contributed by atoms with Gasteiger partial charge in [0.25, 0.3) is 5.91 Å². The molecule has 0 saturated carbocycles. The Kier molecular flexibility index (Phi) is 6.34. The molecule has 6 rings (SSSR count). The number of nitrogens with one attached hydrogen (secondary N) is 2. The van der Waals surface area contributed by atoms with Crippen LogP contribution < -0.4 is 29.9 Å². The molecule has 198 valence electrons. The van der Waals surface area contributed by atoms with Crippen LogP contribution in [0.3, 0.4) is 0 Å². The third kappa shape index (κ3) is 4.52. The molecule has 38 heavy (non-hydrogen) atoms. The Morgan fingerprint density at radius 3 is 2.87 bits per heavy atom. The SMILES string of the molecule is COc1ccc2nccc(N3C[C@H](NCC4CN(c5ccc6c(c5)NC(=O)CO6)C(=O)O4)[C@@H](OC)C3)c2n1. The zero-order valence-electron chi connectivity index (χ0n) is 21.0. The summed E-state index contributed by atoms with van der Waals surface area (Å²) in [5, 5.41) is 6.30. The van der Waals surface area contributed by atoms with E-state index < -0.39 is 6.09 Å². The van der Waals surface area contributed by atoms with Gasteiger partial charge in [0.15, 0.2) is 6.61 Å². The quantitative estimate of drug-likeness (QED) is 0.476. The minimum atomic E-state index is -0.431. The lowest BCUT2D eigenvalue weighted by atomic mass is 10.2. The number of carbonyl (C=O) groups is 2. The highest BCUT2D eigenvalue weighted by atomic mass is 16.6. The lowest BCUT2D eigenvalue weighted by Crippen LogP contribution is -2.44. The summed E-state index contributed by atoms with van der Waals surface area (Å²) in [5.74, 6) is 0.880. The number of ether oxygens (including phenoxy) is 4. The number of hydrogen-bond donors (Lipinski definition) is 2. The Morgan fingerprint density at radius 1 is 1.13 bits per heavy atom. The number of cyclic esters (lactones) is 1. The van der Waals surface area contributed by atoms with Gasteiger partial charge in [-0.05, 0) is 30.3 Å². The zero-order valence-corrected chi connectivity index (χ0v) is 21.0. The number of fused-ring (bicyclic) bond motifs is 2. The lowest BCUT2D eigenvalue weighted by molar-refractivity contribution is -0.118. The standard InChI is InChI=1S/C26H28N6O6/c1-35-22-13-31(20-7-8-27-17-4-6-24(36-2)30-25(17)20)12-19(22)28-10-16-11-32(26(34)38-16)15-3-5-21-18(9-15)29-23(33)14-37-21/h3-9,16,19,22,28H,10-14H2,1-2H3,(H,29,33)/t16?,19-,22-/m0/s1. The molecular weight excluding hydrogens is 492 g/mol. The van der Waals surface area contributed by atoms with Crippen molar-refractivity contribution in [3.63, 3.8) is 0 Å². The molecule has 0 bridgehead atoms. The second-order valence-electron chi connectivity index (χ2n) is 9.38. The van der Waals surface area contributed by atoms with Gasteiger partial charge in [-0.2, -0.15) is 0 Å². The molecule has 12 heteroatoms. The number of amides is 2. The van der Waals surface area contributed by atoms with Crippen molar-refractivity contribution in [2.75, 3.05) is 62.1 Å². The molecule has 0 spiro atoms. The average Bonchev–Trinajstić information content (AvgIpc) is 3.53. The van der Waals surface area contributed by atoms with Gasteiger partial charge < -0.3 is 34.5 Å². The van der Waals surface area contributed by atoms with Gasteiger partial charge in [-0.1, -0.05) is 0 Å². The van der Waals surface area contributed by atoms with Gasteiger partial charge in [0.2, 0.25) is 5.88 Å². The lowest BCUT2D eigenvalue weighted by Gasteiger charge is -2.21. The van der Waals surface area contributed by atoms with E-state index in [9.17, 15) is 9.59 Å². The van der Waals surface area contributed by atoms with Crippen LogP contribution in [0.15, 0.2) is 42.6 Å². The summed E-state index contributed by atoms with van der Waals surface area (Å²) >= 11 is 0. The van der Waals surface area contributed by atoms with Gasteiger partial charge in [-0.3, -0.25) is 14.7 Å². The van der Waals surface area contributed by atoms with E-state index in [1.807, 2.05) is 12.1 Å². The Labute approximate surface area is 218 Å². The normalized spacial score (nSPS) is 22.7. The number of rotatable bonds is 7. The van der Waals surface area contributed by atoms with Crippen LogP contribution in [0, 0.1) is 0 Å². The number of anilines is 3. The molecule has 0 aliphatic carbocycles. The molecule has 2 N–H and O–H groups in total. The summed E-state index contributed by atoms with van der Waals surface area (Å²) in [5.41, 5.74) is 3.70. The molecule has 3 aromatic rings. The zero-order chi connectivity index (χ0) is 26.2. The minimum absolute atomic E-state index is 0.0117. The van der Waals surface area contributed by atoms with Crippen molar-refractivity contribution in [1.82, 2.24) is 15.3 Å². The van der Waals surface area contributed by atoms with Crippen molar-refractivity contribution in [3.05, 3.63) is 42.6 Å². The molecule has 0 radical (unpaired) electrons. The van der Waals surface area contributed by atoms with Gasteiger partial charge in [0.1, 0.15) is 17.4 Å². The second-order valence-corrected chi connectivity index (χ2v) is 9.38. The van der Waals surface area contributed by atoms with Crippen LogP contribution in [0.25, 0.3) is 11.0 Å². The fraction of sp³-hybridized carbons (Fsp3) is 0.385. The highest BCUT2D eigenvalue weighted by Crippen LogP contribution is 2.34. The van der Waals surface area contributed by atoms with Crippen LogP contribution in [0.4, 0.5) is 21.9 Å². The summed E-state index contributed by atoms with van der Waals surface area (Å²) in [6.45, 7) is 2.19. The first-order chi connectivity index (χ1) is 18.5. The van der Waals surface area contributed by atoms with Gasteiger partial charge in [-0.15, -0.1) is 0 Å². The smallest absolute Gasteiger partial charge is 0.414 e. The van der Waals surface area contributed by atoms with E-state index in [0.29, 0.717) is 49.2 Å². The van der Waals surface area contributed by atoms with E-state index in [4.69, 9.17) is 18.9 Å². The molecule has 2 saturated heterocycles. The fourth-order valence-electron chi connectivity index (χ4n) is 5.13. The van der Waals surface area contributed by atoms with Crippen LogP contribution in [-0.2, 0) is 14.3 Å². The predicted molar refractivity (Wildman–Crippen MR) is 139 cm³/mol. The number of nitrogens with zero attached hydrogens (tertiary/aromatic N) is 4. The summed E-state index contributed by atoms with van der Waals surface area (Å²) in [6.07, 6.45) is 0.934. The third-order valence-electron chi connectivity index (χ3n) is 7.05. The predicted octanol–water partition coefficient (Wildman–Crippen LogP) is 1.79. The molecular formula is C26H28N6O6. The van der Waals surface area contributed by atoms with E-state index in [1.54, 1.807) is 49.6 Å². The van der Waals surface area contributed by atoms with Crippen molar-refractivity contribution in [3.8, 4) is 11.6 Å². The highest BCUT2D eigenvalue weighted by molar-refractivity contribution is 5.97. The second kappa shape index (κ2) is 9.95. The molecule has 12 nitrogen and oxygen atoms in total. The molecule has 3 aliphatic rings. The van der Waals surface area contributed by atoms with Crippen LogP contribution >= 0.6 is 0 Å². The molecule has 2 fully saturated rings. The van der Waals surface area contributed by atoms with Crippen molar-refractivity contribution in [2.24, 2.45) is 0 Å². The van der Waals surface area contributed by atoms with Crippen LogP contribution in [-0.4, -0.2) is 87.2 Å². The van der Waals surface area contributed by atoms with Crippen molar-refractivity contribution in [2.45, 2.75) is 18.2 Å². The van der Waals surface area contributed by atoms with Crippen molar-refractivity contribution >= 4 is 40.1 Å². The van der Waals surface area contributed by atoms with Gasteiger partial charge in [0, 0.05) is 44.7 Å². The van der Waals surface area contributed by atoms with Crippen LogP contribution in [0.5, 0.6) is 11.6 Å². The largest absolute Gasteiger partial charge is 0.482 e. The maximum Gasteiger partial charge on any atom is 0.414 e. The molecule has 1 aromatic carbocycles. The molecule has 3 atom stereocenters. The Balaban J connectivity index is 1.12. The van der Waals surface area contributed by atoms with Crippen LogP contribution in [0.2, 0.25) is 0 Å². The Bertz CT molecular complexity index is 1390. The summed E-state index contributed by atoms with van der Waals surface area (Å²) in [7, 11) is 3.29. The number of aromatic nitrogens is 2. The van der Waals surface area contributed by atoms with Crippen molar-refractivity contribution < 1.29 is 28.5 Å².